The van der Waals surface area contributed by atoms with Gasteiger partial charge in [0.25, 0.3) is 5.91 Å². The molecule has 49 heavy (non-hydrogen) atoms. The van der Waals surface area contributed by atoms with E-state index in [0.29, 0.717) is 12.2 Å². The Balaban J connectivity index is 0.000000351. The van der Waals surface area contributed by atoms with Crippen LogP contribution in [-0.2, 0) is 11.3 Å². The molecule has 2 heterocycles. The Kier molecular flexibility index (Phi) is 19.7. The highest BCUT2D eigenvalue weighted by Gasteiger charge is 2.15. The first-order valence-electron chi connectivity index (χ1n) is 18.6. The molecule has 7 nitrogen and oxygen atoms in total. The first-order chi connectivity index (χ1) is 23.8. The maximum atomic E-state index is 11.1. The van der Waals surface area contributed by atoms with Crippen molar-refractivity contribution in [3.05, 3.63) is 83.6 Å². The smallest absolute Gasteiger partial charge is 0.252 e. The number of carbonyl (C=O) groups is 1. The molecule has 3 aromatic rings. The van der Waals surface area contributed by atoms with Gasteiger partial charge < -0.3 is 20.9 Å². The lowest BCUT2D eigenvalue weighted by Crippen LogP contribution is -2.17. The number of anilines is 1. The zero-order valence-electron chi connectivity index (χ0n) is 31.2. The Labute approximate surface area is 296 Å². The van der Waals surface area contributed by atoms with Crippen LogP contribution < -0.4 is 16.2 Å². The van der Waals surface area contributed by atoms with Gasteiger partial charge in [0.05, 0.1) is 24.4 Å². The maximum Gasteiger partial charge on any atom is 0.252 e. The van der Waals surface area contributed by atoms with Crippen molar-refractivity contribution in [3.63, 3.8) is 0 Å². The van der Waals surface area contributed by atoms with E-state index in [-0.39, 0.29) is 11.4 Å². The zero-order chi connectivity index (χ0) is 36.0. The molecule has 1 atom stereocenters. The number of hydrogen-bond donors (Lipinski definition) is 2. The summed E-state index contributed by atoms with van der Waals surface area (Å²) in [6.45, 7) is 16.3. The number of aromatic nitrogens is 1. The number of benzene rings is 2. The van der Waals surface area contributed by atoms with Gasteiger partial charge in [-0.05, 0) is 84.9 Å². The van der Waals surface area contributed by atoms with Crippen LogP contribution in [0.15, 0.2) is 71.9 Å². The van der Waals surface area contributed by atoms with E-state index in [1.807, 2.05) is 33.8 Å². The minimum Gasteiger partial charge on any atom is -0.490 e. The average Bonchev–Trinajstić information content (AvgIpc) is 3.67. The molecule has 2 aliphatic rings. The molecule has 1 aliphatic heterocycles. The van der Waals surface area contributed by atoms with Gasteiger partial charge in [-0.2, -0.15) is 0 Å². The molecule has 1 amide bonds. The van der Waals surface area contributed by atoms with E-state index in [1.54, 1.807) is 18.5 Å². The number of allylic oxidation sites excluding steroid dienone is 1. The molecule has 0 saturated heterocycles. The molecule has 1 unspecified atom stereocenters. The quantitative estimate of drug-likeness (QED) is 0.188. The van der Waals surface area contributed by atoms with Gasteiger partial charge in [-0.15, -0.1) is 0 Å². The van der Waals surface area contributed by atoms with E-state index in [1.165, 1.54) is 48.8 Å². The second kappa shape index (κ2) is 23.4. The number of pyridine rings is 1. The monoisotopic (exact) mass is 670 g/mol. The number of nitrogens with two attached hydrogens (primary N) is 2. The van der Waals surface area contributed by atoms with Gasteiger partial charge in [-0.1, -0.05) is 110 Å². The molecule has 5 rings (SSSR count). The second-order valence-electron chi connectivity index (χ2n) is 12.4. The maximum absolute atomic E-state index is 11.1. The fraction of sp³-hybridized carbons (Fsp3) is 0.500. The summed E-state index contributed by atoms with van der Waals surface area (Å²) in [6.07, 6.45) is 16.9. The fourth-order valence-corrected chi connectivity index (χ4v) is 5.62. The highest BCUT2D eigenvalue weighted by molar-refractivity contribution is 6.11. The summed E-state index contributed by atoms with van der Waals surface area (Å²) in [6, 6.07) is 19.0. The van der Waals surface area contributed by atoms with Crippen molar-refractivity contribution >= 4 is 23.5 Å². The topological polar surface area (TPSA) is 113 Å². The third-order valence-corrected chi connectivity index (χ3v) is 8.28. The number of amides is 1. The summed E-state index contributed by atoms with van der Waals surface area (Å²) < 4.78 is 12.3. The van der Waals surface area contributed by atoms with Crippen LogP contribution in [-0.4, -0.2) is 35.9 Å². The molecule has 2 aromatic carbocycles. The van der Waals surface area contributed by atoms with Crippen molar-refractivity contribution < 1.29 is 14.3 Å². The number of primary amides is 1. The molecule has 7 heteroatoms. The summed E-state index contributed by atoms with van der Waals surface area (Å²) in [5.74, 6) is 1.30. The SMILES string of the molecule is CC.CC.CCCC(CCC(C)C)Oc1ccc(-c2ccc(COC3CCCC3)cc2)cc1.NC(=O)c1cc(C2=CCCN=C2)cnc1N. The summed E-state index contributed by atoms with van der Waals surface area (Å²) in [5.41, 5.74) is 16.5. The van der Waals surface area contributed by atoms with Gasteiger partial charge in [0.15, 0.2) is 0 Å². The van der Waals surface area contributed by atoms with E-state index in [9.17, 15) is 4.79 Å². The third-order valence-electron chi connectivity index (χ3n) is 8.28. The van der Waals surface area contributed by atoms with Crippen LogP contribution in [0.1, 0.15) is 128 Å². The van der Waals surface area contributed by atoms with E-state index in [2.05, 4.69) is 79.3 Å². The van der Waals surface area contributed by atoms with Crippen molar-refractivity contribution in [2.45, 2.75) is 125 Å². The van der Waals surface area contributed by atoms with Gasteiger partial charge in [-0.25, -0.2) is 4.98 Å². The van der Waals surface area contributed by atoms with E-state index in [0.717, 1.165) is 61.6 Å². The third kappa shape index (κ3) is 14.6. The zero-order valence-corrected chi connectivity index (χ0v) is 31.2. The second-order valence-corrected chi connectivity index (χ2v) is 12.4. The van der Waals surface area contributed by atoms with Crippen LogP contribution >= 0.6 is 0 Å². The van der Waals surface area contributed by atoms with Crippen LogP contribution in [0.3, 0.4) is 0 Å². The number of nitrogens with zero attached hydrogens (tertiary/aromatic N) is 2. The number of rotatable bonds is 13. The predicted molar refractivity (Wildman–Crippen MR) is 208 cm³/mol. The van der Waals surface area contributed by atoms with Gasteiger partial charge in [0.2, 0.25) is 0 Å². The minimum atomic E-state index is -0.569. The largest absolute Gasteiger partial charge is 0.490 e. The van der Waals surface area contributed by atoms with Crippen LogP contribution in [0.5, 0.6) is 5.75 Å². The normalized spacial score (nSPS) is 14.3. The lowest BCUT2D eigenvalue weighted by Gasteiger charge is -2.20. The molecule has 0 radical (unpaired) electrons. The van der Waals surface area contributed by atoms with E-state index >= 15 is 0 Å². The summed E-state index contributed by atoms with van der Waals surface area (Å²) in [4.78, 5) is 19.2. The highest BCUT2D eigenvalue weighted by atomic mass is 16.5. The lowest BCUT2D eigenvalue weighted by molar-refractivity contribution is 0.0457. The Bertz CT molecular complexity index is 1410. The van der Waals surface area contributed by atoms with Gasteiger partial charge >= 0.3 is 0 Å². The molecule has 1 fully saturated rings. The number of carbonyl (C=O) groups excluding carboxylic acids is 1. The molecular weight excluding hydrogens is 608 g/mol. The minimum absolute atomic E-state index is 0.157. The van der Waals surface area contributed by atoms with E-state index < -0.39 is 5.91 Å². The van der Waals surface area contributed by atoms with E-state index in [4.69, 9.17) is 20.9 Å². The number of nitrogen functional groups attached to an aromatic ring is 1. The number of dihydropyridines is 1. The van der Waals surface area contributed by atoms with Crippen molar-refractivity contribution in [1.82, 2.24) is 4.98 Å². The fourth-order valence-electron chi connectivity index (χ4n) is 5.62. The van der Waals surface area contributed by atoms with Crippen LogP contribution in [0, 0.1) is 5.92 Å². The van der Waals surface area contributed by atoms with Crippen molar-refractivity contribution in [2.75, 3.05) is 12.3 Å². The average molecular weight is 671 g/mol. The van der Waals surface area contributed by atoms with Gasteiger partial charge in [-0.3, -0.25) is 9.79 Å². The molecule has 1 saturated carbocycles. The first kappa shape index (κ1) is 41.2. The molecule has 1 aliphatic carbocycles. The Morgan fingerprint density at radius 1 is 0.898 bits per heavy atom. The molecule has 4 N–H and O–H groups in total. The first-order valence-corrected chi connectivity index (χ1v) is 18.6. The Morgan fingerprint density at radius 2 is 1.53 bits per heavy atom. The summed E-state index contributed by atoms with van der Waals surface area (Å²) >= 11 is 0. The van der Waals surface area contributed by atoms with Gasteiger partial charge in [0.1, 0.15) is 11.6 Å². The number of aliphatic imine (C=N–C) groups is 1. The van der Waals surface area contributed by atoms with Crippen LogP contribution in [0.4, 0.5) is 5.82 Å². The van der Waals surface area contributed by atoms with Crippen molar-refractivity contribution in [1.29, 1.82) is 0 Å². The Hall–Kier alpha value is -3.97. The molecule has 0 bridgehead atoms. The Morgan fingerprint density at radius 3 is 2.08 bits per heavy atom. The lowest BCUT2D eigenvalue weighted by atomic mass is 10.0. The van der Waals surface area contributed by atoms with Crippen molar-refractivity contribution in [2.24, 2.45) is 16.6 Å². The molecule has 0 spiro atoms. The summed E-state index contributed by atoms with van der Waals surface area (Å²) in [7, 11) is 0. The molecular formula is C42H62N4O3. The molecule has 1 aromatic heterocycles. The van der Waals surface area contributed by atoms with Crippen molar-refractivity contribution in [3.8, 4) is 16.9 Å². The standard InChI is InChI=1S/C27H38O2.C11H12N4O.2C2H6/c1-4-7-26(17-10-21(2)3)29-27-18-15-24(16-19-27)23-13-11-22(12-14-23)20-28-25-8-5-6-9-25;12-10-9(11(13)16)4-8(6-15-10)7-2-1-3-14-5-7;2*1-2/h11-16,18-19,21,25-26H,4-10,17,20H2,1-3H3;2,4-6H,1,3H2,(H2,12,15)(H2,13,16);2*1-2H3. The number of ether oxygens (including phenoxy) is 2. The predicted octanol–water partition coefficient (Wildman–Crippen LogP) is 10.5. The van der Waals surface area contributed by atoms with Crippen LogP contribution in [0.2, 0.25) is 0 Å². The highest BCUT2D eigenvalue weighted by Crippen LogP contribution is 2.26. The molecule has 268 valence electrons. The summed E-state index contributed by atoms with van der Waals surface area (Å²) in [5, 5.41) is 0. The number of hydrogen-bond acceptors (Lipinski definition) is 6. The van der Waals surface area contributed by atoms with Crippen LogP contribution in [0.25, 0.3) is 16.7 Å². The van der Waals surface area contributed by atoms with Gasteiger partial charge in [0, 0.05) is 24.5 Å².